The van der Waals surface area contributed by atoms with Crippen molar-refractivity contribution < 1.29 is 4.79 Å². The molecule has 3 N–H and O–H groups in total. The third kappa shape index (κ3) is 4.31. The molecule has 3 aromatic rings. The van der Waals surface area contributed by atoms with Crippen molar-refractivity contribution in [1.29, 1.82) is 0 Å². The highest BCUT2D eigenvalue weighted by molar-refractivity contribution is 6.30. The number of benzene rings is 3. The molecule has 0 aliphatic rings. The summed E-state index contributed by atoms with van der Waals surface area (Å²) in [6.07, 6.45) is 0. The Bertz CT molecular complexity index is 850. The van der Waals surface area contributed by atoms with E-state index in [-0.39, 0.29) is 6.03 Å². The Morgan fingerprint density at radius 1 is 0.920 bits per heavy atom. The maximum absolute atomic E-state index is 12.8. The molecule has 0 spiro atoms. The molecule has 3 aromatic carbocycles. The summed E-state index contributed by atoms with van der Waals surface area (Å²) in [7, 11) is 0. The van der Waals surface area contributed by atoms with Gasteiger partial charge in [-0.3, -0.25) is 4.90 Å². The van der Waals surface area contributed by atoms with Crippen molar-refractivity contribution in [2.24, 2.45) is 0 Å². The van der Waals surface area contributed by atoms with E-state index in [9.17, 15) is 4.79 Å². The number of hydrogen-bond acceptors (Lipinski definition) is 2. The van der Waals surface area contributed by atoms with E-state index < -0.39 is 0 Å². The third-order valence-electron chi connectivity index (χ3n) is 3.70. The van der Waals surface area contributed by atoms with E-state index in [0.29, 0.717) is 17.3 Å². The van der Waals surface area contributed by atoms with E-state index in [1.807, 2.05) is 60.7 Å². The average Bonchev–Trinajstić information content (AvgIpc) is 2.63. The van der Waals surface area contributed by atoms with Crippen LogP contribution in [0, 0.1) is 0 Å². The first kappa shape index (κ1) is 16.9. The molecule has 0 unspecified atom stereocenters. The van der Waals surface area contributed by atoms with Crippen LogP contribution in [0.15, 0.2) is 78.9 Å². The number of nitrogens with one attached hydrogen (secondary N) is 1. The van der Waals surface area contributed by atoms with Gasteiger partial charge in [-0.1, -0.05) is 41.9 Å². The molecule has 0 heterocycles. The van der Waals surface area contributed by atoms with E-state index in [0.717, 1.165) is 16.9 Å². The topological polar surface area (TPSA) is 58.4 Å². The van der Waals surface area contributed by atoms with Crippen LogP contribution in [0.3, 0.4) is 0 Å². The van der Waals surface area contributed by atoms with Gasteiger partial charge >= 0.3 is 6.03 Å². The van der Waals surface area contributed by atoms with Crippen molar-refractivity contribution in [3.63, 3.8) is 0 Å². The number of halogens is 1. The largest absolute Gasteiger partial charge is 0.399 e. The first-order chi connectivity index (χ1) is 12.1. The van der Waals surface area contributed by atoms with Crippen molar-refractivity contribution >= 4 is 34.7 Å². The minimum atomic E-state index is -0.226. The Morgan fingerprint density at radius 2 is 1.60 bits per heavy atom. The maximum Gasteiger partial charge on any atom is 0.326 e. The van der Waals surface area contributed by atoms with Crippen LogP contribution < -0.4 is 16.0 Å². The monoisotopic (exact) mass is 351 g/mol. The molecule has 0 aliphatic carbocycles. The number of amides is 2. The summed E-state index contributed by atoms with van der Waals surface area (Å²) in [4.78, 5) is 14.5. The lowest BCUT2D eigenvalue weighted by molar-refractivity contribution is 0.248. The highest BCUT2D eigenvalue weighted by Crippen LogP contribution is 2.26. The van der Waals surface area contributed by atoms with Crippen LogP contribution in [0.25, 0.3) is 0 Å². The van der Waals surface area contributed by atoms with Gasteiger partial charge in [0.1, 0.15) is 0 Å². The van der Waals surface area contributed by atoms with Gasteiger partial charge in [-0.2, -0.15) is 0 Å². The first-order valence-electron chi connectivity index (χ1n) is 7.86. The van der Waals surface area contributed by atoms with E-state index in [4.69, 9.17) is 17.3 Å². The summed E-state index contributed by atoms with van der Waals surface area (Å²) >= 11 is 5.99. The van der Waals surface area contributed by atoms with E-state index in [1.165, 1.54) is 0 Å². The van der Waals surface area contributed by atoms with Gasteiger partial charge < -0.3 is 11.1 Å². The molecule has 0 fully saturated rings. The molecule has 2 amide bonds. The maximum atomic E-state index is 12.8. The molecule has 5 heteroatoms. The second-order valence-electron chi connectivity index (χ2n) is 5.55. The van der Waals surface area contributed by atoms with Gasteiger partial charge in [0.05, 0.1) is 11.4 Å². The number of nitrogen functional groups attached to an aromatic ring is 1. The number of hydrogen-bond donors (Lipinski definition) is 2. The molecule has 0 bridgehead atoms. The molecule has 0 atom stereocenters. The highest BCUT2D eigenvalue weighted by atomic mass is 35.5. The number of anilines is 3. The molecule has 0 aromatic heterocycles. The minimum Gasteiger partial charge on any atom is -0.399 e. The van der Waals surface area contributed by atoms with Gasteiger partial charge in [0.25, 0.3) is 0 Å². The Hall–Kier alpha value is -2.98. The van der Waals surface area contributed by atoms with Gasteiger partial charge in [0.15, 0.2) is 0 Å². The number of carbonyl (C=O) groups is 1. The summed E-state index contributed by atoms with van der Waals surface area (Å²) in [5, 5.41) is 3.58. The van der Waals surface area contributed by atoms with Crippen LogP contribution in [0.5, 0.6) is 0 Å². The Balaban J connectivity index is 1.83. The minimum absolute atomic E-state index is 0.226. The fourth-order valence-corrected chi connectivity index (χ4v) is 2.70. The smallest absolute Gasteiger partial charge is 0.326 e. The van der Waals surface area contributed by atoms with Crippen LogP contribution in [0.2, 0.25) is 5.02 Å². The molecule has 25 heavy (non-hydrogen) atoms. The molecular weight excluding hydrogens is 334 g/mol. The number of nitrogens with two attached hydrogens (primary N) is 1. The van der Waals surface area contributed by atoms with Crippen LogP contribution in [-0.2, 0) is 6.54 Å². The lowest BCUT2D eigenvalue weighted by atomic mass is 10.2. The predicted octanol–water partition coefficient (Wildman–Crippen LogP) is 4.97. The normalized spacial score (nSPS) is 10.3. The predicted molar refractivity (Wildman–Crippen MR) is 103 cm³/mol. The summed E-state index contributed by atoms with van der Waals surface area (Å²) in [6.45, 7) is 0.387. The number of urea groups is 1. The summed E-state index contributed by atoms with van der Waals surface area (Å²) < 4.78 is 0. The van der Waals surface area contributed by atoms with Crippen molar-refractivity contribution in [1.82, 2.24) is 5.32 Å². The van der Waals surface area contributed by atoms with Crippen molar-refractivity contribution in [3.8, 4) is 0 Å². The molecular formula is C20H18ClN3O. The fourth-order valence-electron chi connectivity index (χ4n) is 2.49. The van der Waals surface area contributed by atoms with Gasteiger partial charge in [0.2, 0.25) is 0 Å². The SMILES string of the molecule is Nc1ccc(N(C(=O)NCc2cccc(Cl)c2)c2ccccc2)cc1. The standard InChI is InChI=1S/C20H18ClN3O/c21-16-6-4-5-15(13-16)14-23-20(25)24(18-7-2-1-3-8-18)19-11-9-17(22)10-12-19/h1-13H,14,22H2,(H,23,25). The van der Waals surface area contributed by atoms with Gasteiger partial charge in [0, 0.05) is 17.3 Å². The Labute approximate surface area is 151 Å². The van der Waals surface area contributed by atoms with Gasteiger partial charge in [-0.05, 0) is 54.1 Å². The second kappa shape index (κ2) is 7.73. The summed E-state index contributed by atoms with van der Waals surface area (Å²) in [5.41, 5.74) is 8.86. The zero-order valence-corrected chi connectivity index (χ0v) is 14.3. The quantitative estimate of drug-likeness (QED) is 0.652. The van der Waals surface area contributed by atoms with Gasteiger partial charge in [-0.15, -0.1) is 0 Å². The molecule has 0 saturated heterocycles. The zero-order chi connectivity index (χ0) is 17.6. The van der Waals surface area contributed by atoms with Crippen molar-refractivity contribution in [2.45, 2.75) is 6.54 Å². The van der Waals surface area contributed by atoms with E-state index in [2.05, 4.69) is 5.32 Å². The van der Waals surface area contributed by atoms with Crippen molar-refractivity contribution in [2.75, 3.05) is 10.6 Å². The van der Waals surface area contributed by atoms with Crippen molar-refractivity contribution in [3.05, 3.63) is 89.4 Å². The van der Waals surface area contributed by atoms with Crippen LogP contribution in [0.4, 0.5) is 21.9 Å². The molecule has 4 nitrogen and oxygen atoms in total. The zero-order valence-electron chi connectivity index (χ0n) is 13.5. The third-order valence-corrected chi connectivity index (χ3v) is 3.94. The van der Waals surface area contributed by atoms with E-state index in [1.54, 1.807) is 23.1 Å². The fraction of sp³-hybridized carbons (Fsp3) is 0.0500. The van der Waals surface area contributed by atoms with Gasteiger partial charge in [-0.25, -0.2) is 4.79 Å². The first-order valence-corrected chi connectivity index (χ1v) is 8.24. The highest BCUT2D eigenvalue weighted by Gasteiger charge is 2.17. The molecule has 3 rings (SSSR count). The van der Waals surface area contributed by atoms with E-state index >= 15 is 0 Å². The van der Waals surface area contributed by atoms with Crippen LogP contribution >= 0.6 is 11.6 Å². The lowest BCUT2D eigenvalue weighted by Gasteiger charge is -2.23. The average molecular weight is 352 g/mol. The summed E-state index contributed by atoms with van der Waals surface area (Å²) in [6, 6.07) is 23.8. The van der Waals surface area contributed by atoms with Crippen LogP contribution in [0.1, 0.15) is 5.56 Å². The number of para-hydroxylation sites is 1. The number of nitrogens with zero attached hydrogens (tertiary/aromatic N) is 1. The van der Waals surface area contributed by atoms with Crippen LogP contribution in [-0.4, -0.2) is 6.03 Å². The number of carbonyl (C=O) groups excluding carboxylic acids is 1. The Kier molecular flexibility index (Phi) is 5.21. The Morgan fingerprint density at radius 3 is 2.28 bits per heavy atom. The second-order valence-corrected chi connectivity index (χ2v) is 5.99. The molecule has 126 valence electrons. The summed E-state index contributed by atoms with van der Waals surface area (Å²) in [5.74, 6) is 0. The molecule has 0 saturated carbocycles. The lowest BCUT2D eigenvalue weighted by Crippen LogP contribution is -2.36. The number of rotatable bonds is 4. The molecule has 0 radical (unpaired) electrons. The molecule has 0 aliphatic heterocycles.